The molecule has 1 atom stereocenters. The third kappa shape index (κ3) is 2.68. The van der Waals surface area contributed by atoms with Gasteiger partial charge in [-0.15, -0.1) is 0 Å². The molecule has 1 aromatic rings. The van der Waals surface area contributed by atoms with Gasteiger partial charge in [0.1, 0.15) is 0 Å². The molecule has 20 heavy (non-hydrogen) atoms. The van der Waals surface area contributed by atoms with Crippen LogP contribution in [0.5, 0.6) is 0 Å². The van der Waals surface area contributed by atoms with E-state index in [1.165, 1.54) is 0 Å². The van der Waals surface area contributed by atoms with Crippen molar-refractivity contribution in [3.63, 3.8) is 0 Å². The fourth-order valence-electron chi connectivity index (χ4n) is 2.79. The van der Waals surface area contributed by atoms with Gasteiger partial charge in [0.05, 0.1) is 4.90 Å². The maximum atomic E-state index is 13.0. The number of rotatable bonds is 5. The Labute approximate surface area is 129 Å². The van der Waals surface area contributed by atoms with Gasteiger partial charge in [-0.2, -0.15) is 4.31 Å². The van der Waals surface area contributed by atoms with Gasteiger partial charge in [0.2, 0.25) is 10.0 Å². The third-order valence-corrected chi connectivity index (χ3v) is 7.27. The zero-order chi connectivity index (χ0) is 14.5. The van der Waals surface area contributed by atoms with Gasteiger partial charge in [0.15, 0.2) is 0 Å². The summed E-state index contributed by atoms with van der Waals surface area (Å²) in [5.74, 6) is 0.551. The predicted molar refractivity (Wildman–Crippen MR) is 83.1 cm³/mol. The minimum atomic E-state index is -3.40. The van der Waals surface area contributed by atoms with Crippen molar-refractivity contribution >= 4 is 26.0 Å². The lowest BCUT2D eigenvalue weighted by molar-refractivity contribution is 0.301. The molecule has 3 nitrogen and oxygen atoms in total. The highest BCUT2D eigenvalue weighted by atomic mass is 79.9. The Morgan fingerprint density at radius 2 is 1.90 bits per heavy atom. The number of hydrogen-bond acceptors (Lipinski definition) is 2. The molecule has 0 heterocycles. The molecule has 3 rings (SSSR count). The molecule has 1 aromatic carbocycles. The van der Waals surface area contributed by atoms with E-state index < -0.39 is 10.0 Å². The van der Waals surface area contributed by atoms with Crippen molar-refractivity contribution in [3.8, 4) is 0 Å². The van der Waals surface area contributed by atoms with Gasteiger partial charge in [-0.3, -0.25) is 0 Å². The summed E-state index contributed by atoms with van der Waals surface area (Å²) in [6, 6.07) is 5.80. The molecule has 0 spiro atoms. The van der Waals surface area contributed by atoms with Gasteiger partial charge in [-0.1, -0.05) is 6.07 Å². The number of halogens is 1. The van der Waals surface area contributed by atoms with Crippen LogP contribution >= 0.6 is 15.9 Å². The van der Waals surface area contributed by atoms with Gasteiger partial charge < -0.3 is 0 Å². The van der Waals surface area contributed by atoms with Crippen LogP contribution in [-0.2, 0) is 10.0 Å². The van der Waals surface area contributed by atoms with Crippen LogP contribution in [0, 0.1) is 12.8 Å². The summed E-state index contributed by atoms with van der Waals surface area (Å²) in [6.45, 7) is 4.03. The van der Waals surface area contributed by atoms with E-state index in [1.807, 2.05) is 19.1 Å². The molecular weight excluding hydrogens is 338 g/mol. The van der Waals surface area contributed by atoms with E-state index in [-0.39, 0.29) is 12.1 Å². The molecule has 2 fully saturated rings. The molecule has 2 aliphatic carbocycles. The van der Waals surface area contributed by atoms with Crippen molar-refractivity contribution in [1.82, 2.24) is 4.31 Å². The number of hydrogen-bond donors (Lipinski definition) is 0. The van der Waals surface area contributed by atoms with Gasteiger partial charge in [-0.05, 0) is 79.1 Å². The van der Waals surface area contributed by atoms with Gasteiger partial charge in [0.25, 0.3) is 0 Å². The number of nitrogens with zero attached hydrogens (tertiary/aromatic N) is 1. The van der Waals surface area contributed by atoms with Crippen molar-refractivity contribution in [3.05, 3.63) is 28.2 Å². The fraction of sp³-hybridized carbons (Fsp3) is 0.600. The lowest BCUT2D eigenvalue weighted by Crippen LogP contribution is -2.41. The van der Waals surface area contributed by atoms with Crippen LogP contribution < -0.4 is 0 Å². The Kier molecular flexibility index (Phi) is 3.72. The van der Waals surface area contributed by atoms with Crippen LogP contribution in [0.25, 0.3) is 0 Å². The molecule has 5 heteroatoms. The van der Waals surface area contributed by atoms with E-state index in [0.29, 0.717) is 15.3 Å². The number of aryl methyl sites for hydroxylation is 1. The highest BCUT2D eigenvalue weighted by molar-refractivity contribution is 9.10. The maximum Gasteiger partial charge on any atom is 0.244 e. The Morgan fingerprint density at radius 3 is 2.40 bits per heavy atom. The quantitative estimate of drug-likeness (QED) is 0.805. The molecule has 0 bridgehead atoms. The fourth-order valence-corrected chi connectivity index (χ4v) is 5.88. The lowest BCUT2D eigenvalue weighted by atomic mass is 10.2. The van der Waals surface area contributed by atoms with Crippen LogP contribution in [0.1, 0.15) is 38.2 Å². The van der Waals surface area contributed by atoms with E-state index in [2.05, 4.69) is 22.9 Å². The van der Waals surface area contributed by atoms with Crippen molar-refractivity contribution in [1.29, 1.82) is 0 Å². The van der Waals surface area contributed by atoms with Crippen molar-refractivity contribution < 1.29 is 8.42 Å². The van der Waals surface area contributed by atoms with Gasteiger partial charge >= 0.3 is 0 Å². The molecule has 2 aliphatic rings. The van der Waals surface area contributed by atoms with Crippen molar-refractivity contribution in [2.45, 2.75) is 56.5 Å². The van der Waals surface area contributed by atoms with E-state index in [1.54, 1.807) is 10.4 Å². The van der Waals surface area contributed by atoms with Crippen LogP contribution in [-0.4, -0.2) is 24.8 Å². The minimum Gasteiger partial charge on any atom is -0.207 e. The van der Waals surface area contributed by atoms with Crippen molar-refractivity contribution in [2.24, 2.45) is 5.92 Å². The molecule has 2 saturated carbocycles. The molecule has 0 aliphatic heterocycles. The molecular formula is C15H20BrNO2S. The molecule has 0 N–H and O–H groups in total. The molecule has 110 valence electrons. The van der Waals surface area contributed by atoms with E-state index >= 15 is 0 Å². The number of sulfonamides is 1. The normalized spacial score (nSPS) is 21.2. The highest BCUT2D eigenvalue weighted by Gasteiger charge is 2.46. The second-order valence-electron chi connectivity index (χ2n) is 6.08. The SMILES string of the molecule is Cc1ccc(S(=O)(=O)N(C2CC2)[C@H](C)C2CC2)c(Br)c1. The summed E-state index contributed by atoms with van der Waals surface area (Å²) in [7, 11) is -3.40. The Morgan fingerprint density at radius 1 is 1.25 bits per heavy atom. The van der Waals surface area contributed by atoms with Gasteiger partial charge in [0, 0.05) is 16.6 Å². The summed E-state index contributed by atoms with van der Waals surface area (Å²) >= 11 is 3.42. The Hall–Kier alpha value is -0.390. The average molecular weight is 358 g/mol. The zero-order valence-electron chi connectivity index (χ0n) is 11.8. The van der Waals surface area contributed by atoms with E-state index in [0.717, 1.165) is 31.2 Å². The zero-order valence-corrected chi connectivity index (χ0v) is 14.2. The molecule has 0 aromatic heterocycles. The summed E-state index contributed by atoms with van der Waals surface area (Å²) in [6.07, 6.45) is 4.32. The second-order valence-corrected chi connectivity index (χ2v) is 8.74. The second kappa shape index (κ2) is 5.11. The van der Waals surface area contributed by atoms with Crippen LogP contribution in [0.2, 0.25) is 0 Å². The van der Waals surface area contributed by atoms with Crippen LogP contribution in [0.3, 0.4) is 0 Å². The summed E-state index contributed by atoms with van der Waals surface area (Å²) in [4.78, 5) is 0.405. The topological polar surface area (TPSA) is 37.4 Å². The predicted octanol–water partition coefficient (Wildman–Crippen LogP) is 3.71. The maximum absolute atomic E-state index is 13.0. The first-order chi connectivity index (χ1) is 9.41. The smallest absolute Gasteiger partial charge is 0.207 e. The molecule has 0 amide bonds. The third-order valence-electron chi connectivity index (χ3n) is 4.26. The average Bonchev–Trinajstić information content (AvgIpc) is 3.22. The largest absolute Gasteiger partial charge is 0.244 e. The molecule has 0 saturated heterocycles. The first-order valence-corrected chi connectivity index (χ1v) is 9.44. The standard InChI is InChI=1S/C15H20BrNO2S/c1-10-3-8-15(14(16)9-10)20(18,19)17(13-6-7-13)11(2)12-4-5-12/h3,8-9,11-13H,4-7H2,1-2H3/t11-/m1/s1. The lowest BCUT2D eigenvalue weighted by Gasteiger charge is -2.29. The molecule has 0 unspecified atom stereocenters. The minimum absolute atomic E-state index is 0.126. The van der Waals surface area contributed by atoms with Crippen molar-refractivity contribution in [2.75, 3.05) is 0 Å². The Bertz CT molecular complexity index is 621. The van der Waals surface area contributed by atoms with Crippen LogP contribution in [0.15, 0.2) is 27.6 Å². The number of benzene rings is 1. The van der Waals surface area contributed by atoms with Gasteiger partial charge in [-0.25, -0.2) is 8.42 Å². The highest BCUT2D eigenvalue weighted by Crippen LogP contribution is 2.43. The monoisotopic (exact) mass is 357 g/mol. The first-order valence-electron chi connectivity index (χ1n) is 7.21. The summed E-state index contributed by atoms with van der Waals surface area (Å²) in [5, 5.41) is 0. The summed E-state index contributed by atoms with van der Waals surface area (Å²) in [5.41, 5.74) is 1.06. The summed E-state index contributed by atoms with van der Waals surface area (Å²) < 4.78 is 28.5. The molecule has 0 radical (unpaired) electrons. The van der Waals surface area contributed by atoms with Crippen LogP contribution in [0.4, 0.5) is 0 Å². The first kappa shape index (κ1) is 14.5. The van der Waals surface area contributed by atoms with E-state index in [4.69, 9.17) is 0 Å². The van der Waals surface area contributed by atoms with E-state index in [9.17, 15) is 8.42 Å². The Balaban J connectivity index is 1.99.